The van der Waals surface area contributed by atoms with Crippen molar-refractivity contribution < 1.29 is 4.79 Å². The van der Waals surface area contributed by atoms with Gasteiger partial charge in [-0.15, -0.1) is 0 Å². The molecule has 0 saturated carbocycles. The number of nitrogens with one attached hydrogen (secondary N) is 1. The Hall–Kier alpha value is -1.84. The van der Waals surface area contributed by atoms with Gasteiger partial charge in [-0.3, -0.25) is 0 Å². The highest BCUT2D eigenvalue weighted by atomic mass is 16.2. The molecular weight excluding hydrogens is 178 g/mol. The van der Waals surface area contributed by atoms with Crippen molar-refractivity contribution in [3.05, 3.63) is 35.9 Å². The maximum absolute atomic E-state index is 10.5. The first kappa shape index (κ1) is 10.2. The van der Waals surface area contributed by atoms with Crippen LogP contribution in [0.25, 0.3) is 0 Å². The molecule has 0 unspecified atom stereocenters. The first-order chi connectivity index (χ1) is 6.74. The van der Waals surface area contributed by atoms with Gasteiger partial charge < -0.3 is 5.73 Å². The number of carbonyl (C=O) groups excluding carboxylic acids is 1. The van der Waals surface area contributed by atoms with E-state index < -0.39 is 6.03 Å². The number of primary amides is 1. The predicted octanol–water partition coefficient (Wildman–Crippen LogP) is 1.47. The van der Waals surface area contributed by atoms with E-state index in [2.05, 4.69) is 10.5 Å². The summed E-state index contributed by atoms with van der Waals surface area (Å²) in [5.41, 5.74) is 8.94. The number of hydrogen-bond acceptors (Lipinski definition) is 2. The third kappa shape index (κ3) is 2.90. The van der Waals surface area contributed by atoms with E-state index in [1.807, 2.05) is 37.3 Å². The average molecular weight is 191 g/mol. The number of rotatable bonds is 3. The van der Waals surface area contributed by atoms with E-state index in [-0.39, 0.29) is 0 Å². The van der Waals surface area contributed by atoms with E-state index in [0.717, 1.165) is 17.7 Å². The average Bonchev–Trinajstić information content (AvgIpc) is 2.20. The smallest absolute Gasteiger partial charge is 0.332 e. The van der Waals surface area contributed by atoms with E-state index in [1.54, 1.807) is 0 Å². The van der Waals surface area contributed by atoms with E-state index in [9.17, 15) is 4.79 Å². The normalized spacial score (nSPS) is 11.1. The zero-order valence-electron chi connectivity index (χ0n) is 8.03. The molecule has 0 atom stereocenters. The Morgan fingerprint density at radius 3 is 2.57 bits per heavy atom. The Morgan fingerprint density at radius 2 is 2.07 bits per heavy atom. The number of hydrazone groups is 1. The van der Waals surface area contributed by atoms with Crippen LogP contribution in [-0.2, 0) is 0 Å². The van der Waals surface area contributed by atoms with Gasteiger partial charge in [0.25, 0.3) is 0 Å². The molecule has 1 aromatic carbocycles. The molecule has 1 rings (SSSR count). The van der Waals surface area contributed by atoms with E-state index in [0.29, 0.717) is 0 Å². The van der Waals surface area contributed by atoms with Crippen LogP contribution in [0.15, 0.2) is 35.4 Å². The molecule has 0 bridgehead atoms. The molecule has 4 heteroatoms. The van der Waals surface area contributed by atoms with Gasteiger partial charge in [-0.05, 0) is 12.0 Å². The molecule has 74 valence electrons. The Balaban J connectivity index is 2.82. The number of amides is 2. The summed E-state index contributed by atoms with van der Waals surface area (Å²) in [5.74, 6) is 0. The predicted molar refractivity (Wildman–Crippen MR) is 56.0 cm³/mol. The Bertz CT molecular complexity index is 332. The third-order valence-electron chi connectivity index (χ3n) is 1.74. The van der Waals surface area contributed by atoms with E-state index >= 15 is 0 Å². The van der Waals surface area contributed by atoms with Crippen molar-refractivity contribution in [2.24, 2.45) is 10.8 Å². The van der Waals surface area contributed by atoms with Gasteiger partial charge in [-0.1, -0.05) is 37.3 Å². The van der Waals surface area contributed by atoms with Gasteiger partial charge in [0.1, 0.15) is 0 Å². The summed E-state index contributed by atoms with van der Waals surface area (Å²) in [4.78, 5) is 10.5. The van der Waals surface area contributed by atoms with Gasteiger partial charge in [0, 0.05) is 0 Å². The molecular formula is C10H13N3O. The van der Waals surface area contributed by atoms with Gasteiger partial charge in [0.15, 0.2) is 0 Å². The summed E-state index contributed by atoms with van der Waals surface area (Å²) >= 11 is 0. The number of nitrogens with two attached hydrogens (primary N) is 1. The molecule has 4 nitrogen and oxygen atoms in total. The fourth-order valence-electron chi connectivity index (χ4n) is 1.10. The van der Waals surface area contributed by atoms with Crippen LogP contribution in [0.1, 0.15) is 18.9 Å². The zero-order valence-corrected chi connectivity index (χ0v) is 8.03. The van der Waals surface area contributed by atoms with Gasteiger partial charge in [-0.2, -0.15) is 5.10 Å². The molecule has 1 aromatic rings. The fraction of sp³-hybridized carbons (Fsp3) is 0.200. The maximum Gasteiger partial charge on any atom is 0.332 e. The van der Waals surface area contributed by atoms with Gasteiger partial charge >= 0.3 is 6.03 Å². The van der Waals surface area contributed by atoms with Crippen LogP contribution in [0, 0.1) is 0 Å². The van der Waals surface area contributed by atoms with Crippen molar-refractivity contribution >= 4 is 11.7 Å². The summed E-state index contributed by atoms with van der Waals surface area (Å²) < 4.78 is 0. The summed E-state index contributed by atoms with van der Waals surface area (Å²) in [5, 5.41) is 3.90. The molecule has 3 N–H and O–H groups in total. The third-order valence-corrected chi connectivity index (χ3v) is 1.74. The fourth-order valence-corrected chi connectivity index (χ4v) is 1.10. The van der Waals surface area contributed by atoms with Crippen LogP contribution in [0.3, 0.4) is 0 Å². The van der Waals surface area contributed by atoms with Crippen molar-refractivity contribution in [3.63, 3.8) is 0 Å². The standard InChI is InChI=1S/C10H13N3O/c1-2-9(12-13-10(11)14)8-6-4-3-5-7-8/h3-7H,2H2,1H3,(H3,11,13,14)/b12-9+. The highest BCUT2D eigenvalue weighted by Crippen LogP contribution is 2.03. The molecule has 0 spiro atoms. The lowest BCUT2D eigenvalue weighted by atomic mass is 10.1. The SMILES string of the molecule is CC/C(=N\NC(N)=O)c1ccccc1. The first-order valence-electron chi connectivity index (χ1n) is 4.41. The van der Waals surface area contributed by atoms with Gasteiger partial charge in [0.2, 0.25) is 0 Å². The minimum absolute atomic E-state index is 0.646. The highest BCUT2D eigenvalue weighted by Gasteiger charge is 1.99. The quantitative estimate of drug-likeness (QED) is 0.551. The number of hydrogen-bond donors (Lipinski definition) is 2. The summed E-state index contributed by atoms with van der Waals surface area (Å²) in [6.07, 6.45) is 0.740. The van der Waals surface area contributed by atoms with Crippen LogP contribution in [0.2, 0.25) is 0 Å². The number of benzene rings is 1. The minimum Gasteiger partial charge on any atom is -0.350 e. The molecule has 0 aliphatic carbocycles. The van der Waals surface area contributed by atoms with Crippen LogP contribution in [-0.4, -0.2) is 11.7 Å². The van der Waals surface area contributed by atoms with Gasteiger partial charge in [0.05, 0.1) is 5.71 Å². The van der Waals surface area contributed by atoms with E-state index in [4.69, 9.17) is 5.73 Å². The molecule has 0 heterocycles. The second-order valence-electron chi connectivity index (χ2n) is 2.75. The molecule has 0 saturated heterocycles. The lowest BCUT2D eigenvalue weighted by Gasteiger charge is -2.02. The Morgan fingerprint density at radius 1 is 1.43 bits per heavy atom. The van der Waals surface area contributed by atoms with Crippen molar-refractivity contribution in [1.29, 1.82) is 0 Å². The second kappa shape index (κ2) is 5.01. The molecule has 0 aliphatic rings. The molecule has 14 heavy (non-hydrogen) atoms. The number of nitrogens with zero attached hydrogens (tertiary/aromatic N) is 1. The van der Waals surface area contributed by atoms with Crippen molar-refractivity contribution in [2.75, 3.05) is 0 Å². The van der Waals surface area contributed by atoms with Crippen LogP contribution < -0.4 is 11.2 Å². The molecule has 0 fully saturated rings. The van der Waals surface area contributed by atoms with Crippen LogP contribution in [0.4, 0.5) is 4.79 Å². The van der Waals surface area contributed by atoms with E-state index in [1.165, 1.54) is 0 Å². The molecule has 0 aliphatic heterocycles. The highest BCUT2D eigenvalue weighted by molar-refractivity contribution is 6.00. The maximum atomic E-state index is 10.5. The van der Waals surface area contributed by atoms with Crippen LogP contribution >= 0.6 is 0 Å². The van der Waals surface area contributed by atoms with Crippen LogP contribution in [0.5, 0.6) is 0 Å². The summed E-state index contributed by atoms with van der Waals surface area (Å²) in [7, 11) is 0. The molecule has 2 amide bonds. The van der Waals surface area contributed by atoms with Crippen molar-refractivity contribution in [2.45, 2.75) is 13.3 Å². The number of carbonyl (C=O) groups is 1. The Labute approximate surface area is 82.8 Å². The number of urea groups is 1. The summed E-state index contributed by atoms with van der Waals surface area (Å²) in [6.45, 7) is 1.97. The zero-order chi connectivity index (χ0) is 10.4. The topological polar surface area (TPSA) is 67.5 Å². The second-order valence-corrected chi connectivity index (χ2v) is 2.75. The molecule has 0 aromatic heterocycles. The Kier molecular flexibility index (Phi) is 3.67. The van der Waals surface area contributed by atoms with Crippen molar-refractivity contribution in [3.8, 4) is 0 Å². The monoisotopic (exact) mass is 191 g/mol. The largest absolute Gasteiger partial charge is 0.350 e. The first-order valence-corrected chi connectivity index (χ1v) is 4.41. The van der Waals surface area contributed by atoms with Gasteiger partial charge in [-0.25, -0.2) is 10.2 Å². The molecule has 0 radical (unpaired) electrons. The minimum atomic E-state index is -0.646. The lowest BCUT2D eigenvalue weighted by Crippen LogP contribution is -2.25. The van der Waals surface area contributed by atoms with Crippen molar-refractivity contribution in [1.82, 2.24) is 5.43 Å². The lowest BCUT2D eigenvalue weighted by molar-refractivity contribution is 0.249. The summed E-state index contributed by atoms with van der Waals surface area (Å²) in [6, 6.07) is 9.00.